The van der Waals surface area contributed by atoms with Crippen molar-refractivity contribution in [1.82, 2.24) is 19.4 Å². The number of nitrogens with zero attached hydrogens (tertiary/aromatic N) is 4. The van der Waals surface area contributed by atoms with E-state index in [9.17, 15) is 9.59 Å². The van der Waals surface area contributed by atoms with Crippen molar-refractivity contribution >= 4 is 39.3 Å². The van der Waals surface area contributed by atoms with E-state index in [0.29, 0.717) is 16.1 Å². The number of hydrogen-bond donors (Lipinski definition) is 0. The van der Waals surface area contributed by atoms with Gasteiger partial charge in [0, 0.05) is 33.2 Å². The van der Waals surface area contributed by atoms with E-state index in [1.807, 2.05) is 48.2 Å². The molecule has 6 nitrogen and oxygen atoms in total. The molecular weight excluding hydrogens is 384 g/mol. The van der Waals surface area contributed by atoms with Crippen molar-refractivity contribution in [2.75, 3.05) is 32.7 Å². The fourth-order valence-corrected chi connectivity index (χ4v) is 4.75. The van der Waals surface area contributed by atoms with Crippen LogP contribution in [0.3, 0.4) is 0 Å². The number of amides is 1. The van der Waals surface area contributed by atoms with Crippen LogP contribution < -0.4 is 5.56 Å². The second kappa shape index (κ2) is 8.16. The van der Waals surface area contributed by atoms with Crippen LogP contribution in [-0.4, -0.2) is 63.2 Å². The zero-order valence-corrected chi connectivity index (χ0v) is 17.9. The van der Waals surface area contributed by atoms with Crippen LogP contribution in [0.2, 0.25) is 0 Å². The molecule has 3 aromatic rings. The number of carbonyl (C=O) groups excluding carboxylic acids is 1. The van der Waals surface area contributed by atoms with Gasteiger partial charge in [0.1, 0.15) is 0 Å². The maximum atomic E-state index is 12.9. The van der Waals surface area contributed by atoms with Crippen molar-refractivity contribution in [1.29, 1.82) is 0 Å². The number of hydrogen-bond acceptors (Lipinski definition) is 5. The minimum absolute atomic E-state index is 0.0838. The molecule has 152 valence electrons. The van der Waals surface area contributed by atoms with Gasteiger partial charge in [-0.1, -0.05) is 43.0 Å². The molecule has 4 rings (SSSR count). The highest BCUT2D eigenvalue weighted by Crippen LogP contribution is 2.25. The van der Waals surface area contributed by atoms with E-state index >= 15 is 0 Å². The van der Waals surface area contributed by atoms with Crippen molar-refractivity contribution in [3.8, 4) is 0 Å². The molecule has 1 aliphatic heterocycles. The molecule has 1 aromatic heterocycles. The third-order valence-corrected chi connectivity index (χ3v) is 6.79. The Bertz CT molecular complexity index is 1120. The van der Waals surface area contributed by atoms with Crippen molar-refractivity contribution in [2.45, 2.75) is 24.3 Å². The predicted octanol–water partition coefficient (Wildman–Crippen LogP) is 2.73. The summed E-state index contributed by atoms with van der Waals surface area (Å²) in [6.07, 6.45) is 0. The molecule has 0 aliphatic carbocycles. The first-order chi connectivity index (χ1) is 14.0. The van der Waals surface area contributed by atoms with Gasteiger partial charge < -0.3 is 9.80 Å². The minimum atomic E-state index is -0.292. The van der Waals surface area contributed by atoms with Crippen LogP contribution in [0.25, 0.3) is 21.7 Å². The van der Waals surface area contributed by atoms with Gasteiger partial charge in [0.15, 0.2) is 5.16 Å². The summed E-state index contributed by atoms with van der Waals surface area (Å²) in [5.41, 5.74) is 0.588. The first-order valence-electron chi connectivity index (χ1n) is 10.0. The van der Waals surface area contributed by atoms with Crippen LogP contribution in [0, 0.1) is 0 Å². The summed E-state index contributed by atoms with van der Waals surface area (Å²) in [4.78, 5) is 34.8. The quantitative estimate of drug-likeness (QED) is 0.376. The van der Waals surface area contributed by atoms with Gasteiger partial charge in [-0.15, -0.1) is 0 Å². The zero-order chi connectivity index (χ0) is 20.5. The van der Waals surface area contributed by atoms with E-state index in [-0.39, 0.29) is 16.7 Å². The molecule has 0 N–H and O–H groups in total. The molecule has 1 atom stereocenters. The van der Waals surface area contributed by atoms with Gasteiger partial charge in [0.05, 0.1) is 16.2 Å². The number of fused-ring (bicyclic) bond motifs is 2. The SMILES string of the molecule is CCN1CCN(C(=O)[C@H](C)Sc2nc3cc4ccccc4cc3c(=O)n2C)CC1. The fraction of sp³-hybridized carbons (Fsp3) is 0.409. The maximum absolute atomic E-state index is 12.9. The lowest BCUT2D eigenvalue weighted by Crippen LogP contribution is -2.50. The van der Waals surface area contributed by atoms with Gasteiger partial charge in [0.2, 0.25) is 5.91 Å². The number of rotatable bonds is 4. The summed E-state index contributed by atoms with van der Waals surface area (Å²) >= 11 is 1.36. The number of benzene rings is 2. The lowest BCUT2D eigenvalue weighted by molar-refractivity contribution is -0.132. The number of likely N-dealkylation sites (N-methyl/N-ethyl adjacent to an activating group) is 1. The van der Waals surface area contributed by atoms with Gasteiger partial charge in [-0.3, -0.25) is 14.2 Å². The Labute approximate surface area is 174 Å². The first-order valence-corrected chi connectivity index (χ1v) is 10.9. The molecule has 2 aromatic carbocycles. The van der Waals surface area contributed by atoms with Crippen molar-refractivity contribution in [3.63, 3.8) is 0 Å². The molecule has 0 spiro atoms. The third kappa shape index (κ3) is 3.89. The Kier molecular flexibility index (Phi) is 5.61. The maximum Gasteiger partial charge on any atom is 0.261 e. The van der Waals surface area contributed by atoms with Crippen LogP contribution in [0.4, 0.5) is 0 Å². The summed E-state index contributed by atoms with van der Waals surface area (Å²) in [7, 11) is 1.73. The van der Waals surface area contributed by atoms with Crippen molar-refractivity contribution in [3.05, 3.63) is 46.8 Å². The summed E-state index contributed by atoms with van der Waals surface area (Å²) in [5.74, 6) is 0.110. The molecule has 29 heavy (non-hydrogen) atoms. The molecule has 0 radical (unpaired) electrons. The summed E-state index contributed by atoms with van der Waals surface area (Å²) in [6, 6.07) is 11.8. The molecule has 1 amide bonds. The van der Waals surface area contributed by atoms with Crippen LogP contribution in [0.5, 0.6) is 0 Å². The Morgan fingerprint density at radius 1 is 1.14 bits per heavy atom. The topological polar surface area (TPSA) is 58.4 Å². The second-order valence-corrected chi connectivity index (χ2v) is 8.80. The van der Waals surface area contributed by atoms with E-state index in [0.717, 1.165) is 43.5 Å². The third-order valence-electron chi connectivity index (χ3n) is 5.66. The van der Waals surface area contributed by atoms with E-state index in [1.165, 1.54) is 11.8 Å². The van der Waals surface area contributed by atoms with Crippen LogP contribution >= 0.6 is 11.8 Å². The molecule has 2 heterocycles. The lowest BCUT2D eigenvalue weighted by atomic mass is 10.1. The van der Waals surface area contributed by atoms with Crippen molar-refractivity contribution in [2.24, 2.45) is 7.05 Å². The summed E-state index contributed by atoms with van der Waals surface area (Å²) in [6.45, 7) is 8.41. The van der Waals surface area contributed by atoms with Crippen LogP contribution in [0.1, 0.15) is 13.8 Å². The Balaban J connectivity index is 1.60. The van der Waals surface area contributed by atoms with Crippen LogP contribution in [0.15, 0.2) is 46.3 Å². The van der Waals surface area contributed by atoms with E-state index < -0.39 is 0 Å². The second-order valence-electron chi connectivity index (χ2n) is 7.49. The Morgan fingerprint density at radius 2 is 1.79 bits per heavy atom. The van der Waals surface area contributed by atoms with Gasteiger partial charge in [-0.05, 0) is 36.4 Å². The molecular formula is C22H26N4O2S. The summed E-state index contributed by atoms with van der Waals surface area (Å²) < 4.78 is 1.56. The minimum Gasteiger partial charge on any atom is -0.339 e. The predicted molar refractivity (Wildman–Crippen MR) is 119 cm³/mol. The summed E-state index contributed by atoms with van der Waals surface area (Å²) in [5, 5.41) is 2.96. The van der Waals surface area contributed by atoms with Crippen LogP contribution in [-0.2, 0) is 11.8 Å². The Morgan fingerprint density at radius 3 is 2.45 bits per heavy atom. The molecule has 1 saturated heterocycles. The first kappa shape index (κ1) is 19.9. The van der Waals surface area contributed by atoms with E-state index in [4.69, 9.17) is 4.98 Å². The lowest BCUT2D eigenvalue weighted by Gasteiger charge is -2.35. The number of piperazine rings is 1. The van der Waals surface area contributed by atoms with Gasteiger partial charge in [-0.2, -0.15) is 0 Å². The van der Waals surface area contributed by atoms with Gasteiger partial charge in [-0.25, -0.2) is 4.98 Å². The smallest absolute Gasteiger partial charge is 0.261 e. The highest BCUT2D eigenvalue weighted by atomic mass is 32.2. The molecule has 0 bridgehead atoms. The molecule has 0 saturated carbocycles. The fourth-order valence-electron chi connectivity index (χ4n) is 3.79. The Hall–Kier alpha value is -2.38. The van der Waals surface area contributed by atoms with E-state index in [2.05, 4.69) is 11.8 Å². The zero-order valence-electron chi connectivity index (χ0n) is 17.1. The number of thioether (sulfide) groups is 1. The highest BCUT2D eigenvalue weighted by Gasteiger charge is 2.26. The number of aromatic nitrogens is 2. The largest absolute Gasteiger partial charge is 0.339 e. The number of carbonyl (C=O) groups is 1. The van der Waals surface area contributed by atoms with Gasteiger partial charge in [0.25, 0.3) is 5.56 Å². The normalized spacial score (nSPS) is 16.4. The van der Waals surface area contributed by atoms with Gasteiger partial charge >= 0.3 is 0 Å². The molecule has 7 heteroatoms. The van der Waals surface area contributed by atoms with E-state index in [1.54, 1.807) is 11.6 Å². The molecule has 1 aliphatic rings. The highest BCUT2D eigenvalue weighted by molar-refractivity contribution is 8.00. The van der Waals surface area contributed by atoms with Crippen molar-refractivity contribution < 1.29 is 4.79 Å². The average molecular weight is 411 g/mol. The molecule has 0 unspecified atom stereocenters. The standard InChI is InChI=1S/C22H26N4O2S/c1-4-25-9-11-26(12-10-25)20(27)15(2)29-22-23-19-14-17-8-6-5-7-16(17)13-18(19)21(28)24(22)3/h5-8,13-15H,4,9-12H2,1-3H3/t15-/m0/s1. The average Bonchev–Trinajstić information content (AvgIpc) is 2.75. The monoisotopic (exact) mass is 410 g/mol. The molecule has 1 fully saturated rings.